The molecule has 0 saturated carbocycles. The van der Waals surface area contributed by atoms with E-state index in [0.29, 0.717) is 6.60 Å². The predicted molar refractivity (Wildman–Crippen MR) is 159 cm³/mol. The molecule has 0 nitrogen and oxygen atoms in total. The second kappa shape index (κ2) is 21.3. The van der Waals surface area contributed by atoms with Crippen molar-refractivity contribution in [1.82, 2.24) is 0 Å². The van der Waals surface area contributed by atoms with E-state index in [-0.39, 0.29) is 23.8 Å². The third-order valence-corrected chi connectivity index (χ3v) is 4.21. The van der Waals surface area contributed by atoms with E-state index in [0.717, 1.165) is 0 Å². The lowest BCUT2D eigenvalue weighted by Crippen LogP contribution is -2.33. The molecular weight excluding hydrogens is 364 g/mol. The summed E-state index contributed by atoms with van der Waals surface area (Å²) in [5, 5.41) is 0. The van der Waals surface area contributed by atoms with Crippen LogP contribution in [0.1, 0.15) is 96.9 Å². The minimum atomic E-state index is -0.263. The zero-order valence-electron chi connectivity index (χ0n) is 23.5. The monoisotopic (exact) mass is 413 g/mol. The molecule has 0 aliphatic carbocycles. The summed E-state index contributed by atoms with van der Waals surface area (Å²) in [6.45, 7) is 29.8. The first-order valence-corrected chi connectivity index (χ1v) is 12.3. The average molecular weight is 412 g/mol. The third-order valence-electron chi connectivity index (χ3n) is 4.21. The molecular formula is C24H48B7. The van der Waals surface area contributed by atoms with Crippen molar-refractivity contribution in [2.45, 2.75) is 96.9 Å². The predicted octanol–water partition coefficient (Wildman–Crippen LogP) is 6.50. The van der Waals surface area contributed by atoms with Gasteiger partial charge in [-0.25, -0.2) is 0 Å². The van der Waals surface area contributed by atoms with Gasteiger partial charge in [-0.15, -0.1) is 23.4 Å². The Hall–Kier alpha value is -0.585. The number of allylic oxidation sites excluding steroid dienone is 5. The van der Waals surface area contributed by atoms with Gasteiger partial charge in [0.25, 0.3) is 0 Å². The highest BCUT2D eigenvalue weighted by Crippen LogP contribution is 2.30. The molecule has 0 amide bonds. The van der Waals surface area contributed by atoms with E-state index in [4.69, 9.17) is 23.2 Å². The number of rotatable bonds is 2. The lowest BCUT2D eigenvalue weighted by atomic mass is 8.93. The topological polar surface area (TPSA) is 0 Å². The van der Waals surface area contributed by atoms with Crippen molar-refractivity contribution in [3.63, 3.8) is 0 Å². The summed E-state index contributed by atoms with van der Waals surface area (Å²) in [6.07, 6.45) is 6.10. The fourth-order valence-electron chi connectivity index (χ4n) is 2.68. The molecule has 0 aromatic carbocycles. The molecule has 0 atom stereocenters. The van der Waals surface area contributed by atoms with E-state index in [1.165, 1.54) is 11.0 Å². The highest BCUT2D eigenvalue weighted by Gasteiger charge is 2.26. The molecule has 2 aliphatic heterocycles. The van der Waals surface area contributed by atoms with Gasteiger partial charge >= 0.3 is 0 Å². The van der Waals surface area contributed by atoms with Crippen LogP contribution in [0.15, 0.2) is 47.2 Å². The van der Waals surface area contributed by atoms with Crippen molar-refractivity contribution in [2.24, 2.45) is 10.8 Å². The van der Waals surface area contributed by atoms with Gasteiger partial charge in [-0.05, 0) is 10.8 Å². The van der Waals surface area contributed by atoms with Crippen LogP contribution in [0, 0.1) is 10.8 Å². The second-order valence-corrected chi connectivity index (χ2v) is 8.36. The Bertz CT molecular complexity index is 519. The molecule has 31 heavy (non-hydrogen) atoms. The van der Waals surface area contributed by atoms with E-state index < -0.39 is 0 Å². The molecule has 0 aromatic heterocycles. The molecule has 2 rings (SSSR count). The van der Waals surface area contributed by atoms with E-state index in [2.05, 4.69) is 77.7 Å². The second-order valence-electron chi connectivity index (χ2n) is 8.36. The molecule has 0 saturated heterocycles. The Morgan fingerprint density at radius 3 is 1.45 bits per heavy atom. The average Bonchev–Trinajstić information content (AvgIpc) is 3.44. The van der Waals surface area contributed by atoms with Crippen molar-refractivity contribution in [3.05, 3.63) is 47.2 Å². The molecule has 7 radical (unpaired) electrons. The summed E-state index contributed by atoms with van der Waals surface area (Å²) in [6, 6.07) is 0. The fourth-order valence-corrected chi connectivity index (χ4v) is 2.68. The van der Waals surface area contributed by atoms with Gasteiger partial charge in [0, 0.05) is 36.7 Å². The Labute approximate surface area is 204 Å². The molecule has 7 heteroatoms. The Balaban J connectivity index is -0.000000178. The number of hydrogen-bond acceptors (Lipinski definition) is 0. The molecule has 2 aliphatic rings. The van der Waals surface area contributed by atoms with E-state index >= 15 is 0 Å². The van der Waals surface area contributed by atoms with E-state index in [9.17, 15) is 0 Å². The maximum atomic E-state index is 5.59. The van der Waals surface area contributed by atoms with Crippen LogP contribution in [0.25, 0.3) is 0 Å². The smallest absolute Gasteiger partial charge is 0.119 e. The first-order valence-electron chi connectivity index (χ1n) is 12.3. The largest absolute Gasteiger partial charge is 0.147 e. The maximum Gasteiger partial charge on any atom is 0.147 e. The minimum Gasteiger partial charge on any atom is -0.119 e. The zero-order valence-corrected chi connectivity index (χ0v) is 23.5. The lowest BCUT2D eigenvalue weighted by molar-refractivity contribution is 0.519. The van der Waals surface area contributed by atoms with Crippen LogP contribution >= 0.6 is 0 Å². The van der Waals surface area contributed by atoms with Gasteiger partial charge in [0.2, 0.25) is 0 Å². The van der Waals surface area contributed by atoms with E-state index in [1.807, 2.05) is 55.4 Å². The normalized spacial score (nSPS) is 13.2. The van der Waals surface area contributed by atoms with Crippen LogP contribution in [0.5, 0.6) is 0 Å². The summed E-state index contributed by atoms with van der Waals surface area (Å²) in [5.74, 6) is 6.36. The molecule has 0 spiro atoms. The molecule has 0 fully saturated rings. The Kier molecular flexibility index (Phi) is 25.9. The van der Waals surface area contributed by atoms with E-state index in [1.54, 1.807) is 7.06 Å². The summed E-state index contributed by atoms with van der Waals surface area (Å²) < 4.78 is 0. The van der Waals surface area contributed by atoms with Crippen molar-refractivity contribution in [2.75, 3.05) is 0 Å². The van der Waals surface area contributed by atoms with Gasteiger partial charge in [0.05, 0.1) is 0 Å². The van der Waals surface area contributed by atoms with Crippen molar-refractivity contribution in [3.8, 4) is 0 Å². The first kappa shape index (κ1) is 37.7. The van der Waals surface area contributed by atoms with Crippen LogP contribution in [0.2, 0.25) is 0 Å². The molecule has 0 N–H and O–H groups in total. The summed E-state index contributed by atoms with van der Waals surface area (Å²) >= 11 is 0. The van der Waals surface area contributed by atoms with Crippen LogP contribution in [0.4, 0.5) is 0 Å². The SMILES string of the molecule is CC.CC.CC.CC.[B]B([B])B1C=CC(C(C)(C)C)=C1.[B][B]B1C=CC=C1C(C)(C)C. The van der Waals surface area contributed by atoms with Gasteiger partial charge in [0.15, 0.2) is 0 Å². The van der Waals surface area contributed by atoms with Gasteiger partial charge in [-0.3, -0.25) is 0 Å². The van der Waals surface area contributed by atoms with Crippen LogP contribution in [-0.2, 0) is 0 Å². The quantitative estimate of drug-likeness (QED) is 0.455. The number of hydrogen-bond donors (Lipinski definition) is 0. The van der Waals surface area contributed by atoms with Gasteiger partial charge < -0.3 is 0 Å². The Morgan fingerprint density at radius 1 is 0.774 bits per heavy atom. The lowest BCUT2D eigenvalue weighted by Gasteiger charge is -2.24. The zero-order chi connectivity index (χ0) is 25.8. The van der Waals surface area contributed by atoms with Crippen LogP contribution in [0.3, 0.4) is 0 Å². The van der Waals surface area contributed by atoms with Crippen LogP contribution < -0.4 is 0 Å². The van der Waals surface area contributed by atoms with Gasteiger partial charge in [0.1, 0.15) is 13.2 Å². The summed E-state index contributed by atoms with van der Waals surface area (Å²) in [4.78, 5) is 0. The minimum absolute atomic E-state index is 0.208. The highest BCUT2D eigenvalue weighted by molar-refractivity contribution is 7.60. The van der Waals surface area contributed by atoms with Crippen molar-refractivity contribution < 1.29 is 0 Å². The van der Waals surface area contributed by atoms with Crippen molar-refractivity contribution >= 4 is 49.9 Å². The molecule has 0 bridgehead atoms. The van der Waals surface area contributed by atoms with Crippen molar-refractivity contribution in [1.29, 1.82) is 0 Å². The maximum absolute atomic E-state index is 5.59. The standard InChI is InChI=1S/C8H12B4.C8H12B3.4C2H6/c1-8(2,3)7-4-5-11(6-7)12(9)10;1-8(2,3)7-5-4-6-11(7)10-9;4*1-2/h4-6H,1-3H3;4-6H,1-3H3;4*1-2H3. The highest BCUT2D eigenvalue weighted by atomic mass is 14.2. The summed E-state index contributed by atoms with van der Waals surface area (Å²) in [5.41, 5.74) is 3.18. The molecule has 165 valence electrons. The fraction of sp³-hybridized carbons (Fsp3) is 0.667. The molecule has 0 aromatic rings. The molecule has 2 heterocycles. The van der Waals surface area contributed by atoms with Gasteiger partial charge in [-0.2, -0.15) is 0 Å². The molecule has 0 unspecified atom stereocenters. The van der Waals surface area contributed by atoms with Crippen LogP contribution in [-0.4, -0.2) is 49.9 Å². The third kappa shape index (κ3) is 16.7. The Morgan fingerprint density at radius 2 is 1.23 bits per heavy atom. The first-order chi connectivity index (χ1) is 14.5. The summed E-state index contributed by atoms with van der Waals surface area (Å²) in [7, 11) is 18.4. The van der Waals surface area contributed by atoms with Gasteiger partial charge in [-0.1, -0.05) is 121 Å².